The molecule has 466 valence electrons. The number of amides is 7. The summed E-state index contributed by atoms with van der Waals surface area (Å²) in [5.41, 5.74) is 1.78. The number of pyridine rings is 2. The van der Waals surface area contributed by atoms with Crippen molar-refractivity contribution >= 4 is 73.9 Å². The third-order valence-electron chi connectivity index (χ3n) is 15.4. The number of benzene rings is 3. The minimum absolute atomic E-state index is 0.0258. The van der Waals surface area contributed by atoms with E-state index in [0.717, 1.165) is 10.5 Å². The Hall–Kier alpha value is -8.64. The van der Waals surface area contributed by atoms with Gasteiger partial charge in [0.25, 0.3) is 17.4 Å². The molecule has 1 saturated heterocycles. The van der Waals surface area contributed by atoms with Crippen molar-refractivity contribution < 1.29 is 75.2 Å². The highest BCUT2D eigenvalue weighted by molar-refractivity contribution is 7.89. The zero-order chi connectivity index (χ0) is 62.7. The highest BCUT2D eigenvalue weighted by Gasteiger charge is 2.46. The molecule has 0 bridgehead atoms. The Bertz CT molecular complexity index is 3710. The van der Waals surface area contributed by atoms with E-state index in [1.807, 2.05) is 0 Å². The van der Waals surface area contributed by atoms with E-state index >= 15 is 4.39 Å². The predicted molar refractivity (Wildman–Crippen MR) is 312 cm³/mol. The summed E-state index contributed by atoms with van der Waals surface area (Å²) in [6.07, 6.45) is 2.34. The number of esters is 1. The van der Waals surface area contributed by atoms with Crippen LogP contribution in [0.4, 0.5) is 10.1 Å². The van der Waals surface area contributed by atoms with Crippen LogP contribution in [-0.2, 0) is 99.0 Å². The second-order valence-corrected chi connectivity index (χ2v) is 23.2. The van der Waals surface area contributed by atoms with Crippen molar-refractivity contribution in [1.82, 2.24) is 44.9 Å². The smallest absolute Gasteiger partial charge is 0.343 e. The molecule has 5 aromatic rings. The van der Waals surface area contributed by atoms with Crippen molar-refractivity contribution in [1.29, 1.82) is 0 Å². The number of aromatic nitrogens is 2. The van der Waals surface area contributed by atoms with Crippen LogP contribution >= 0.6 is 0 Å². The van der Waals surface area contributed by atoms with Crippen molar-refractivity contribution in [2.45, 2.75) is 69.3 Å². The lowest BCUT2D eigenvalue weighted by atomic mass is 9.86. The van der Waals surface area contributed by atoms with Crippen molar-refractivity contribution in [3.63, 3.8) is 0 Å². The maximum atomic E-state index is 15.1. The van der Waals surface area contributed by atoms with Crippen LogP contribution in [0.15, 0.2) is 94.6 Å². The SMILES string of the molecule is CC[C@@]1(O)C(=O)OCc2c1cc1n(c2=O)Cc2c-1nc1cc(F)c(C)cc1c2CN1CCN(S(=O)(=O)c2ccc(NC(=O)CNC(=O)C(Cc3ccccc3)NC(=O)CNC(=O)CNC(=O)CCOCCOCCOCCN3C(=O)C=CC3=O)cc2)CC1. The van der Waals surface area contributed by atoms with Crippen molar-refractivity contribution in [3.8, 4) is 11.4 Å². The lowest BCUT2D eigenvalue weighted by Crippen LogP contribution is -2.52. The summed E-state index contributed by atoms with van der Waals surface area (Å²) in [6, 6.07) is 17.8. The van der Waals surface area contributed by atoms with Crippen LogP contribution in [0.1, 0.15) is 53.1 Å². The fraction of sp³-hybridized carbons (Fsp3) is 0.400. The Labute approximate surface area is 504 Å². The number of sulfonamides is 1. The fourth-order valence-electron chi connectivity index (χ4n) is 10.5. The minimum Gasteiger partial charge on any atom is -0.458 e. The van der Waals surface area contributed by atoms with Crippen molar-refractivity contribution in [2.24, 2.45) is 0 Å². The van der Waals surface area contributed by atoms with Crippen LogP contribution in [-0.4, -0.2) is 183 Å². The van der Waals surface area contributed by atoms with Gasteiger partial charge in [-0.05, 0) is 66.4 Å². The summed E-state index contributed by atoms with van der Waals surface area (Å²) in [4.78, 5) is 122. The number of ether oxygens (including phenoxy) is 4. The van der Waals surface area contributed by atoms with Crippen LogP contribution in [0.25, 0.3) is 22.3 Å². The molecular weight excluding hydrogens is 1170 g/mol. The summed E-state index contributed by atoms with van der Waals surface area (Å²) in [5, 5.41) is 24.6. The molecular formula is C60H67FN10O16S. The number of rotatable bonds is 28. The molecule has 1 unspecified atom stereocenters. The third-order valence-corrected chi connectivity index (χ3v) is 17.3. The van der Waals surface area contributed by atoms with Crippen LogP contribution in [0, 0.1) is 12.7 Å². The molecule has 28 heteroatoms. The topological polar surface area (TPSA) is 333 Å². The Morgan fingerprint density at radius 3 is 2.11 bits per heavy atom. The van der Waals surface area contributed by atoms with E-state index in [4.69, 9.17) is 23.9 Å². The Kier molecular flexibility index (Phi) is 20.7. The molecule has 7 amide bonds. The first kappa shape index (κ1) is 63.9. The number of carbonyl (C=O) groups excluding carboxylic acids is 8. The summed E-state index contributed by atoms with van der Waals surface area (Å²) < 4.78 is 67.3. The normalized spacial score (nSPS) is 16.8. The minimum atomic E-state index is -4.02. The van der Waals surface area contributed by atoms with Gasteiger partial charge in [0.2, 0.25) is 39.6 Å². The van der Waals surface area contributed by atoms with Crippen molar-refractivity contribution in [2.75, 3.05) is 97.3 Å². The number of piperazine rings is 1. The van der Waals surface area contributed by atoms with Gasteiger partial charge in [0.1, 0.15) is 18.5 Å². The highest BCUT2D eigenvalue weighted by atomic mass is 32.2. The first-order chi connectivity index (χ1) is 42.2. The summed E-state index contributed by atoms with van der Waals surface area (Å²) in [6.45, 7) is 4.00. The largest absolute Gasteiger partial charge is 0.458 e. The van der Waals surface area contributed by atoms with Gasteiger partial charge in [-0.15, -0.1) is 0 Å². The molecule has 0 saturated carbocycles. The van der Waals surface area contributed by atoms with Gasteiger partial charge in [0, 0.05) is 86.0 Å². The molecule has 9 rings (SSSR count). The van der Waals surface area contributed by atoms with Gasteiger partial charge in [0.15, 0.2) is 5.60 Å². The summed E-state index contributed by atoms with van der Waals surface area (Å²) in [5.74, 6) is -5.33. The predicted octanol–water partition coefficient (Wildman–Crippen LogP) is 0.413. The standard InChI is InChI=1S/C60H67FN10O16S/c1-3-60(81)45-29-49-56-43(35-71(49)58(79)44(45)36-87-59(60)80)42(41-27-37(2)46(61)30-47(41)67-56)34-68-16-18-69(19-17-68)88(82,83)40-11-9-39(10-12-40)65-52(74)33-64-57(78)48(28-38-7-5-4-6-8-38)66-53(75)32-63-51(73)31-62-50(72)15-21-84-23-25-86-26-24-85-22-20-70-54(76)13-14-55(70)77/h4-14,27,29-30,48,81H,3,15-26,28,31-36H2,1-2H3,(H,62,72)(H,63,73)(H,64,78)(H,65,74)(H,66,75)/t48?,60-/m0/s1. The van der Waals surface area contributed by atoms with Crippen LogP contribution in [0.3, 0.4) is 0 Å². The van der Waals surface area contributed by atoms with Crippen LogP contribution in [0.2, 0.25) is 0 Å². The van der Waals surface area contributed by atoms with E-state index in [1.165, 1.54) is 51.4 Å². The van der Waals surface area contributed by atoms with Crippen LogP contribution < -0.4 is 32.1 Å². The van der Waals surface area contributed by atoms with Gasteiger partial charge in [0.05, 0.1) is 99.7 Å². The highest BCUT2D eigenvalue weighted by Crippen LogP contribution is 2.41. The Morgan fingerprint density at radius 2 is 1.42 bits per heavy atom. The van der Waals surface area contributed by atoms with Gasteiger partial charge in [-0.3, -0.25) is 48.2 Å². The zero-order valence-corrected chi connectivity index (χ0v) is 49.2. The van der Waals surface area contributed by atoms with Gasteiger partial charge < -0.3 is 55.2 Å². The van der Waals surface area contributed by atoms with Crippen molar-refractivity contribution in [3.05, 3.63) is 135 Å². The first-order valence-electron chi connectivity index (χ1n) is 28.6. The monoisotopic (exact) mass is 1230 g/mol. The maximum absolute atomic E-state index is 15.1. The number of anilines is 1. The number of nitrogens with one attached hydrogen (secondary N) is 5. The van der Waals surface area contributed by atoms with E-state index in [9.17, 15) is 56.7 Å². The Morgan fingerprint density at radius 1 is 0.773 bits per heavy atom. The van der Waals surface area contributed by atoms with Gasteiger partial charge in [-0.25, -0.2) is 22.6 Å². The Balaban J connectivity index is 0.706. The van der Waals surface area contributed by atoms with E-state index < -0.39 is 88.2 Å². The molecule has 0 radical (unpaired) electrons. The second-order valence-electron chi connectivity index (χ2n) is 21.2. The van der Waals surface area contributed by atoms with E-state index in [2.05, 4.69) is 31.5 Å². The molecule has 4 aliphatic heterocycles. The molecule has 6 heterocycles. The van der Waals surface area contributed by atoms with Gasteiger partial charge >= 0.3 is 5.97 Å². The number of halogens is 1. The number of aliphatic hydroxyl groups is 1. The quantitative estimate of drug-likeness (QED) is 0.0220. The molecule has 2 atom stereocenters. The number of cyclic esters (lactones) is 1. The first-order valence-corrected chi connectivity index (χ1v) is 30.0. The molecule has 0 aliphatic carbocycles. The summed E-state index contributed by atoms with van der Waals surface area (Å²) in [7, 11) is -4.02. The lowest BCUT2D eigenvalue weighted by molar-refractivity contribution is -0.172. The molecule has 88 heavy (non-hydrogen) atoms. The second kappa shape index (κ2) is 28.5. The number of hydrogen-bond acceptors (Lipinski definition) is 18. The van der Waals surface area contributed by atoms with Gasteiger partial charge in [-0.1, -0.05) is 37.3 Å². The average Bonchev–Trinajstić information content (AvgIpc) is 1.97. The molecule has 1 fully saturated rings. The van der Waals surface area contributed by atoms with Crippen LogP contribution in [0.5, 0.6) is 0 Å². The maximum Gasteiger partial charge on any atom is 0.343 e. The lowest BCUT2D eigenvalue weighted by Gasteiger charge is -2.34. The van der Waals surface area contributed by atoms with E-state index in [1.54, 1.807) is 56.3 Å². The fourth-order valence-corrected chi connectivity index (χ4v) is 11.9. The summed E-state index contributed by atoms with van der Waals surface area (Å²) >= 11 is 0. The molecule has 2 aromatic heterocycles. The number of nitrogens with zero attached hydrogens (tertiary/aromatic N) is 5. The molecule has 0 spiro atoms. The number of hydrogen-bond donors (Lipinski definition) is 6. The van der Waals surface area contributed by atoms with Gasteiger partial charge in [-0.2, -0.15) is 4.31 Å². The van der Waals surface area contributed by atoms with E-state index in [0.29, 0.717) is 58.6 Å². The number of fused-ring (bicyclic) bond motifs is 5. The number of imide groups is 1. The van der Waals surface area contributed by atoms with E-state index in [-0.39, 0.29) is 125 Å². The third kappa shape index (κ3) is 15.0. The number of aryl methyl sites for hydroxylation is 1. The number of carbonyl (C=O) groups is 8. The molecule has 3 aromatic carbocycles. The zero-order valence-electron chi connectivity index (χ0n) is 48.4. The molecule has 6 N–H and O–H groups in total. The molecule has 26 nitrogen and oxygen atoms in total. The average molecular weight is 1240 g/mol. The molecule has 4 aliphatic rings.